The summed E-state index contributed by atoms with van der Waals surface area (Å²) in [7, 11) is 0. The molecule has 166 valence electrons. The summed E-state index contributed by atoms with van der Waals surface area (Å²) in [5.74, 6) is 0. The Balaban J connectivity index is 2.73. The Hall–Kier alpha value is -0.460. The zero-order chi connectivity index (χ0) is 20.5. The van der Waals surface area contributed by atoms with Crippen molar-refractivity contribution < 1.29 is 23.7 Å². The second-order valence-electron chi connectivity index (χ2n) is 7.53. The molecule has 1 aliphatic heterocycles. The molecule has 0 aromatic carbocycles. The van der Waals surface area contributed by atoms with Gasteiger partial charge in [-0.3, -0.25) is 0 Å². The summed E-state index contributed by atoms with van der Waals surface area (Å²) in [5.41, 5.74) is 0. The molecular weight excluding hydrogens is 356 g/mol. The van der Waals surface area contributed by atoms with Crippen molar-refractivity contribution >= 4 is 0 Å². The quantitative estimate of drug-likeness (QED) is 0.232. The van der Waals surface area contributed by atoms with Gasteiger partial charge in [0.05, 0.1) is 13.2 Å². The van der Waals surface area contributed by atoms with E-state index in [1.165, 1.54) is 32.1 Å². The molecule has 0 radical (unpaired) electrons. The highest BCUT2D eigenvalue weighted by molar-refractivity contribution is 4.87. The summed E-state index contributed by atoms with van der Waals surface area (Å²) in [4.78, 5) is 0. The summed E-state index contributed by atoms with van der Waals surface area (Å²) in [6, 6.07) is 0. The molecule has 0 spiro atoms. The highest BCUT2D eigenvalue weighted by atomic mass is 16.7. The molecule has 0 aromatic heterocycles. The van der Waals surface area contributed by atoms with Gasteiger partial charge < -0.3 is 23.7 Å². The first-order valence-corrected chi connectivity index (χ1v) is 11.5. The van der Waals surface area contributed by atoms with Gasteiger partial charge in [-0.05, 0) is 19.3 Å². The molecule has 1 aliphatic rings. The van der Waals surface area contributed by atoms with Crippen molar-refractivity contribution in [1.29, 1.82) is 0 Å². The van der Waals surface area contributed by atoms with Crippen LogP contribution in [-0.2, 0) is 23.7 Å². The predicted molar refractivity (Wildman–Crippen MR) is 114 cm³/mol. The van der Waals surface area contributed by atoms with Gasteiger partial charge in [0.2, 0.25) is 0 Å². The molecule has 1 saturated heterocycles. The molecule has 0 N–H and O–H groups in total. The third-order valence-electron chi connectivity index (χ3n) is 4.96. The van der Waals surface area contributed by atoms with E-state index in [1.807, 2.05) is 0 Å². The Labute approximate surface area is 173 Å². The first-order chi connectivity index (χ1) is 13.8. The number of unbranched alkanes of at least 4 members (excludes halogenated alkanes) is 6. The number of rotatable bonds is 18. The lowest BCUT2D eigenvalue weighted by Gasteiger charge is -2.41. The third kappa shape index (κ3) is 10.4. The van der Waals surface area contributed by atoms with Gasteiger partial charge in [-0.15, -0.1) is 6.58 Å². The Kier molecular flexibility index (Phi) is 15.9. The molecule has 0 aromatic rings. The molecule has 1 rings (SSSR count). The Morgan fingerprint density at radius 3 is 1.82 bits per heavy atom. The maximum Gasteiger partial charge on any atom is 0.186 e. The number of hydrogen-bond donors (Lipinski definition) is 0. The molecule has 1 heterocycles. The Bertz CT molecular complexity index is 363. The van der Waals surface area contributed by atoms with Crippen LogP contribution in [0, 0.1) is 0 Å². The smallest absolute Gasteiger partial charge is 0.186 e. The zero-order valence-electron chi connectivity index (χ0n) is 18.5. The zero-order valence-corrected chi connectivity index (χ0v) is 18.5. The van der Waals surface area contributed by atoms with Crippen LogP contribution in [0.1, 0.15) is 78.6 Å². The van der Waals surface area contributed by atoms with Crippen LogP contribution >= 0.6 is 0 Å². The molecule has 4 atom stereocenters. The highest BCUT2D eigenvalue weighted by Gasteiger charge is 2.43. The monoisotopic (exact) mass is 400 g/mol. The second-order valence-corrected chi connectivity index (χ2v) is 7.53. The molecule has 0 saturated carbocycles. The molecule has 28 heavy (non-hydrogen) atoms. The topological polar surface area (TPSA) is 46.2 Å². The van der Waals surface area contributed by atoms with E-state index in [-0.39, 0.29) is 18.3 Å². The Morgan fingerprint density at radius 1 is 0.750 bits per heavy atom. The van der Waals surface area contributed by atoms with Gasteiger partial charge in [0.1, 0.15) is 18.3 Å². The van der Waals surface area contributed by atoms with E-state index in [9.17, 15) is 0 Å². The van der Waals surface area contributed by atoms with Gasteiger partial charge in [0, 0.05) is 19.8 Å². The average Bonchev–Trinajstić information content (AvgIpc) is 2.71. The molecule has 0 aliphatic carbocycles. The summed E-state index contributed by atoms with van der Waals surface area (Å²) < 4.78 is 30.5. The van der Waals surface area contributed by atoms with Gasteiger partial charge in [-0.2, -0.15) is 0 Å². The van der Waals surface area contributed by atoms with Crippen LogP contribution in [0.2, 0.25) is 0 Å². The fourth-order valence-corrected chi connectivity index (χ4v) is 3.30. The third-order valence-corrected chi connectivity index (χ3v) is 4.96. The fraction of sp³-hybridized carbons (Fsp3) is 0.913. The van der Waals surface area contributed by atoms with E-state index in [1.54, 1.807) is 6.08 Å². The van der Waals surface area contributed by atoms with Crippen molar-refractivity contribution in [2.75, 3.05) is 33.0 Å². The molecule has 0 amide bonds. The maximum atomic E-state index is 6.30. The van der Waals surface area contributed by atoms with Crippen molar-refractivity contribution in [1.82, 2.24) is 0 Å². The van der Waals surface area contributed by atoms with Crippen LogP contribution in [0.25, 0.3) is 0 Å². The SMILES string of the molecule is C=CCO[C@H]1OC[C@@H](OCCCCC)[C@H](OCCCCC)[C@H]1OCCCCC. The molecule has 1 fully saturated rings. The standard InChI is InChI=1S/C23H44O5/c1-5-9-12-16-24-20-19-28-23(27-15-8-4)22(26-18-14-11-7-3)21(20)25-17-13-10-6-2/h8,20-23H,4-7,9-19H2,1-3H3/t20-,21+,22-,23+/m1/s1. The molecule has 5 nitrogen and oxygen atoms in total. The minimum Gasteiger partial charge on any atom is -0.373 e. The van der Waals surface area contributed by atoms with E-state index in [4.69, 9.17) is 23.7 Å². The van der Waals surface area contributed by atoms with Crippen molar-refractivity contribution in [3.63, 3.8) is 0 Å². The normalized spacial score (nSPS) is 25.1. The summed E-state index contributed by atoms with van der Waals surface area (Å²) in [5, 5.41) is 0. The Morgan fingerprint density at radius 2 is 1.29 bits per heavy atom. The lowest BCUT2D eigenvalue weighted by Crippen LogP contribution is -2.57. The van der Waals surface area contributed by atoms with Crippen LogP contribution in [0.5, 0.6) is 0 Å². The van der Waals surface area contributed by atoms with Crippen molar-refractivity contribution in [3.8, 4) is 0 Å². The van der Waals surface area contributed by atoms with E-state index in [0.29, 0.717) is 19.8 Å². The van der Waals surface area contributed by atoms with Crippen LogP contribution in [0.4, 0.5) is 0 Å². The van der Waals surface area contributed by atoms with E-state index < -0.39 is 6.29 Å². The average molecular weight is 401 g/mol. The van der Waals surface area contributed by atoms with Crippen LogP contribution < -0.4 is 0 Å². The van der Waals surface area contributed by atoms with Gasteiger partial charge >= 0.3 is 0 Å². The minimum absolute atomic E-state index is 0.113. The van der Waals surface area contributed by atoms with E-state index >= 15 is 0 Å². The molecule has 0 unspecified atom stereocenters. The van der Waals surface area contributed by atoms with Crippen LogP contribution in [-0.4, -0.2) is 57.6 Å². The maximum absolute atomic E-state index is 6.30. The van der Waals surface area contributed by atoms with E-state index in [2.05, 4.69) is 27.4 Å². The minimum atomic E-state index is -0.439. The summed E-state index contributed by atoms with van der Waals surface area (Å²) >= 11 is 0. The van der Waals surface area contributed by atoms with Gasteiger partial charge in [-0.1, -0.05) is 65.4 Å². The summed E-state index contributed by atoms with van der Waals surface area (Å²) in [6.45, 7) is 13.4. The lowest BCUT2D eigenvalue weighted by molar-refractivity contribution is -0.292. The largest absolute Gasteiger partial charge is 0.373 e. The molecular formula is C23H44O5. The van der Waals surface area contributed by atoms with Crippen molar-refractivity contribution in [2.24, 2.45) is 0 Å². The van der Waals surface area contributed by atoms with Gasteiger partial charge in [0.25, 0.3) is 0 Å². The van der Waals surface area contributed by atoms with Gasteiger partial charge in [0.15, 0.2) is 6.29 Å². The second kappa shape index (κ2) is 17.4. The lowest BCUT2D eigenvalue weighted by atomic mass is 10.0. The molecule has 0 bridgehead atoms. The molecule has 5 heteroatoms. The van der Waals surface area contributed by atoms with Gasteiger partial charge in [-0.25, -0.2) is 0 Å². The van der Waals surface area contributed by atoms with Crippen molar-refractivity contribution in [3.05, 3.63) is 12.7 Å². The number of hydrogen-bond acceptors (Lipinski definition) is 5. The summed E-state index contributed by atoms with van der Waals surface area (Å²) in [6.07, 6.45) is 10.9. The van der Waals surface area contributed by atoms with E-state index in [0.717, 1.165) is 38.9 Å². The van der Waals surface area contributed by atoms with Crippen LogP contribution in [0.3, 0.4) is 0 Å². The van der Waals surface area contributed by atoms with Crippen molar-refractivity contribution in [2.45, 2.75) is 103 Å². The predicted octanol–water partition coefficient (Wildman–Crippen LogP) is 5.27. The highest BCUT2D eigenvalue weighted by Crippen LogP contribution is 2.25. The number of ether oxygens (including phenoxy) is 5. The first kappa shape index (κ1) is 25.6. The fourth-order valence-electron chi connectivity index (χ4n) is 3.30. The first-order valence-electron chi connectivity index (χ1n) is 11.5. The van der Waals surface area contributed by atoms with Crippen LogP contribution in [0.15, 0.2) is 12.7 Å².